The molecule has 0 radical (unpaired) electrons. The van der Waals surface area contributed by atoms with Crippen LogP contribution in [0.3, 0.4) is 0 Å². The fourth-order valence-electron chi connectivity index (χ4n) is 3.74. The Morgan fingerprint density at radius 2 is 0.969 bits per heavy atom. The molecule has 0 fully saturated rings. The molecular formula is C26H26N4O2. The quantitative estimate of drug-likeness (QED) is 0.303. The molecule has 6 heteroatoms. The fraction of sp³-hybridized carbons (Fsp3) is 0.154. The number of phenols is 2. The molecule has 2 heterocycles. The lowest BCUT2D eigenvalue weighted by Crippen LogP contribution is -2.34. The first-order valence-electron chi connectivity index (χ1n) is 10.6. The Morgan fingerprint density at radius 3 is 1.34 bits per heavy atom. The third-order valence-corrected chi connectivity index (χ3v) is 5.28. The van der Waals surface area contributed by atoms with Gasteiger partial charge in [-0.05, 0) is 36.4 Å². The van der Waals surface area contributed by atoms with E-state index in [9.17, 15) is 10.2 Å². The topological polar surface area (TPSA) is 90.3 Å². The first kappa shape index (κ1) is 21.5. The van der Waals surface area contributed by atoms with Gasteiger partial charge in [0.1, 0.15) is 11.5 Å². The molecule has 0 aliphatic rings. The van der Waals surface area contributed by atoms with Crippen LogP contribution in [0.15, 0.2) is 97.3 Å². The summed E-state index contributed by atoms with van der Waals surface area (Å²) in [6.45, 7) is 1.21. The minimum Gasteiger partial charge on any atom is -0.508 e. The molecule has 4 N–H and O–H groups in total. The summed E-state index contributed by atoms with van der Waals surface area (Å²) >= 11 is 0. The normalized spacial score (nSPS) is 12.9. The van der Waals surface area contributed by atoms with Gasteiger partial charge >= 0.3 is 0 Å². The smallest absolute Gasteiger partial charge is 0.120 e. The van der Waals surface area contributed by atoms with Gasteiger partial charge in [0.25, 0.3) is 0 Å². The number of hydrogen-bond donors (Lipinski definition) is 4. The SMILES string of the molecule is Oc1ccccc1C(NCCN[C@@H](c1ccccn1)c1ccccc1O)c1ccccn1. The maximum Gasteiger partial charge on any atom is 0.120 e. The van der Waals surface area contributed by atoms with E-state index in [1.807, 2.05) is 60.7 Å². The van der Waals surface area contributed by atoms with Crippen LogP contribution < -0.4 is 10.6 Å². The standard InChI is InChI=1S/C26H26N4O2/c31-23-13-3-1-9-19(23)25(21-11-5-7-15-27-21)29-17-18-30-26(22-12-6-8-16-28-22)20-10-2-4-14-24(20)32/h1-16,25-26,29-32H,17-18H2/t25-,26?/m1/s1. The molecule has 0 saturated heterocycles. The maximum absolute atomic E-state index is 10.4. The summed E-state index contributed by atoms with van der Waals surface area (Å²) in [6, 6.07) is 25.6. The van der Waals surface area contributed by atoms with Crippen molar-refractivity contribution < 1.29 is 10.2 Å². The Balaban J connectivity index is 1.50. The van der Waals surface area contributed by atoms with E-state index in [1.165, 1.54) is 0 Å². The zero-order valence-electron chi connectivity index (χ0n) is 17.6. The zero-order valence-corrected chi connectivity index (χ0v) is 17.6. The van der Waals surface area contributed by atoms with E-state index in [0.717, 1.165) is 22.5 Å². The molecule has 0 aliphatic heterocycles. The summed E-state index contributed by atoms with van der Waals surface area (Å²) < 4.78 is 0. The highest BCUT2D eigenvalue weighted by Gasteiger charge is 2.20. The lowest BCUT2D eigenvalue weighted by atomic mass is 10.0. The van der Waals surface area contributed by atoms with Gasteiger partial charge in [-0.2, -0.15) is 0 Å². The summed E-state index contributed by atoms with van der Waals surface area (Å²) in [5, 5.41) is 27.8. The van der Waals surface area contributed by atoms with Crippen LogP contribution in [-0.4, -0.2) is 33.3 Å². The molecule has 0 bridgehead atoms. The van der Waals surface area contributed by atoms with Gasteiger partial charge in [-0.3, -0.25) is 9.97 Å². The number of pyridine rings is 2. The molecule has 2 atom stereocenters. The van der Waals surface area contributed by atoms with Crippen LogP contribution in [0.25, 0.3) is 0 Å². The summed E-state index contributed by atoms with van der Waals surface area (Å²) in [5.41, 5.74) is 3.20. The highest BCUT2D eigenvalue weighted by Crippen LogP contribution is 2.29. The minimum absolute atomic E-state index is 0.226. The van der Waals surface area contributed by atoms with Crippen molar-refractivity contribution in [3.05, 3.63) is 120 Å². The minimum atomic E-state index is -0.252. The molecule has 2 aromatic carbocycles. The number of nitrogens with zero attached hydrogens (tertiary/aromatic N) is 2. The molecule has 4 rings (SSSR count). The van der Waals surface area contributed by atoms with Crippen molar-refractivity contribution >= 4 is 0 Å². The highest BCUT2D eigenvalue weighted by atomic mass is 16.3. The van der Waals surface area contributed by atoms with Crippen molar-refractivity contribution in [2.75, 3.05) is 13.1 Å². The van der Waals surface area contributed by atoms with Gasteiger partial charge in [-0.15, -0.1) is 0 Å². The van der Waals surface area contributed by atoms with Gasteiger partial charge in [-0.25, -0.2) is 0 Å². The molecule has 0 spiro atoms. The third kappa shape index (κ3) is 5.11. The van der Waals surface area contributed by atoms with Crippen LogP contribution in [-0.2, 0) is 0 Å². The van der Waals surface area contributed by atoms with Crippen LogP contribution in [0.4, 0.5) is 0 Å². The Hall–Kier alpha value is -3.74. The van der Waals surface area contributed by atoms with Crippen molar-refractivity contribution in [2.24, 2.45) is 0 Å². The average molecular weight is 427 g/mol. The van der Waals surface area contributed by atoms with Gasteiger partial charge < -0.3 is 20.8 Å². The number of phenolic OH excluding ortho intramolecular Hbond substituents is 2. The lowest BCUT2D eigenvalue weighted by molar-refractivity contribution is 0.446. The zero-order chi connectivity index (χ0) is 22.2. The Morgan fingerprint density at radius 1 is 0.562 bits per heavy atom. The van der Waals surface area contributed by atoms with Gasteiger partial charge in [0.15, 0.2) is 0 Å². The van der Waals surface area contributed by atoms with E-state index >= 15 is 0 Å². The second kappa shape index (κ2) is 10.5. The molecule has 0 amide bonds. The highest BCUT2D eigenvalue weighted by molar-refractivity contribution is 5.40. The fourth-order valence-corrected chi connectivity index (χ4v) is 3.74. The summed E-state index contributed by atoms with van der Waals surface area (Å²) in [4.78, 5) is 8.96. The van der Waals surface area contributed by atoms with E-state index in [-0.39, 0.29) is 23.6 Å². The van der Waals surface area contributed by atoms with Crippen LogP contribution in [0.2, 0.25) is 0 Å². The van der Waals surface area contributed by atoms with Crippen molar-refractivity contribution in [1.29, 1.82) is 0 Å². The van der Waals surface area contributed by atoms with E-state index in [4.69, 9.17) is 0 Å². The third-order valence-electron chi connectivity index (χ3n) is 5.28. The van der Waals surface area contributed by atoms with E-state index in [0.29, 0.717) is 13.1 Å². The first-order chi connectivity index (χ1) is 15.7. The Kier molecular flexibility index (Phi) is 7.07. The second-order valence-corrected chi connectivity index (χ2v) is 7.40. The second-order valence-electron chi connectivity index (χ2n) is 7.40. The van der Waals surface area contributed by atoms with E-state index in [2.05, 4.69) is 20.6 Å². The number of para-hydroxylation sites is 2. The largest absolute Gasteiger partial charge is 0.508 e. The summed E-state index contributed by atoms with van der Waals surface area (Å²) in [5.74, 6) is 0.452. The number of aromatic nitrogens is 2. The molecule has 162 valence electrons. The summed E-state index contributed by atoms with van der Waals surface area (Å²) in [6.07, 6.45) is 3.50. The summed E-state index contributed by atoms with van der Waals surface area (Å²) in [7, 11) is 0. The van der Waals surface area contributed by atoms with Crippen LogP contribution >= 0.6 is 0 Å². The van der Waals surface area contributed by atoms with Crippen LogP contribution in [0.5, 0.6) is 11.5 Å². The predicted molar refractivity (Wildman–Crippen MR) is 124 cm³/mol. The first-order valence-corrected chi connectivity index (χ1v) is 10.6. The van der Waals surface area contributed by atoms with E-state index < -0.39 is 0 Å². The van der Waals surface area contributed by atoms with Gasteiger partial charge in [-0.1, -0.05) is 48.5 Å². The molecule has 6 nitrogen and oxygen atoms in total. The number of nitrogens with one attached hydrogen (secondary N) is 2. The van der Waals surface area contributed by atoms with Gasteiger partial charge in [0.2, 0.25) is 0 Å². The van der Waals surface area contributed by atoms with Crippen LogP contribution in [0, 0.1) is 0 Å². The van der Waals surface area contributed by atoms with Crippen molar-refractivity contribution in [2.45, 2.75) is 12.1 Å². The lowest BCUT2D eigenvalue weighted by Gasteiger charge is -2.23. The van der Waals surface area contributed by atoms with E-state index in [1.54, 1.807) is 36.7 Å². The number of benzene rings is 2. The molecule has 0 aliphatic carbocycles. The molecule has 0 saturated carbocycles. The Bertz CT molecular complexity index is 1030. The molecule has 32 heavy (non-hydrogen) atoms. The molecule has 4 aromatic rings. The maximum atomic E-state index is 10.4. The number of hydrogen-bond acceptors (Lipinski definition) is 6. The van der Waals surface area contributed by atoms with Crippen molar-refractivity contribution in [3.8, 4) is 11.5 Å². The Labute approximate surface area is 187 Å². The van der Waals surface area contributed by atoms with Crippen molar-refractivity contribution in [3.63, 3.8) is 0 Å². The number of aromatic hydroxyl groups is 2. The van der Waals surface area contributed by atoms with Gasteiger partial charge in [0, 0.05) is 36.6 Å². The van der Waals surface area contributed by atoms with Crippen molar-refractivity contribution in [1.82, 2.24) is 20.6 Å². The van der Waals surface area contributed by atoms with Crippen LogP contribution in [0.1, 0.15) is 34.6 Å². The molecule has 2 aromatic heterocycles. The average Bonchev–Trinajstić information content (AvgIpc) is 2.84. The monoisotopic (exact) mass is 426 g/mol. The predicted octanol–water partition coefficient (Wildman–Crippen LogP) is 3.95. The molecular weight excluding hydrogens is 400 g/mol. The molecule has 1 unspecified atom stereocenters. The number of rotatable bonds is 9. The van der Waals surface area contributed by atoms with Gasteiger partial charge in [0.05, 0.1) is 23.5 Å².